The van der Waals surface area contributed by atoms with E-state index in [1.54, 1.807) is 97.9 Å². The molecule has 3 N–H and O–H groups in total. The van der Waals surface area contributed by atoms with E-state index in [1.165, 1.54) is 18.9 Å². The van der Waals surface area contributed by atoms with Gasteiger partial charge in [-0.1, -0.05) is 66.2 Å². The summed E-state index contributed by atoms with van der Waals surface area (Å²) in [6.07, 6.45) is 1.56. The topological polar surface area (TPSA) is 96.5 Å². The summed E-state index contributed by atoms with van der Waals surface area (Å²) in [4.78, 5) is 39.9. The maximum atomic E-state index is 13.4. The molecule has 0 aliphatic rings. The molecular weight excluding hydrogens is 558 g/mol. The van der Waals surface area contributed by atoms with E-state index < -0.39 is 17.1 Å². The lowest BCUT2D eigenvalue weighted by Crippen LogP contribution is -2.30. The van der Waals surface area contributed by atoms with Crippen LogP contribution in [0.25, 0.3) is 6.08 Å². The molecule has 4 aromatic carbocycles. The van der Waals surface area contributed by atoms with Crippen LogP contribution >= 0.6 is 23.4 Å². The van der Waals surface area contributed by atoms with Gasteiger partial charge in [-0.15, -0.1) is 11.8 Å². The van der Waals surface area contributed by atoms with Crippen molar-refractivity contribution in [3.63, 3.8) is 0 Å². The fourth-order valence-electron chi connectivity index (χ4n) is 3.78. The lowest BCUT2D eigenvalue weighted by molar-refractivity contribution is -0.115. The normalized spacial score (nSPS) is 11.7. The van der Waals surface area contributed by atoms with Crippen molar-refractivity contribution >= 4 is 58.5 Å². The molecule has 9 heteroatoms. The van der Waals surface area contributed by atoms with E-state index in [2.05, 4.69) is 16.0 Å². The average molecular weight is 586 g/mol. The second kappa shape index (κ2) is 14.2. The van der Waals surface area contributed by atoms with E-state index in [1.807, 2.05) is 18.2 Å². The molecule has 4 rings (SSSR count). The molecule has 4 aromatic rings. The molecule has 0 aromatic heterocycles. The molecule has 0 heterocycles. The fraction of sp³-hybridized carbons (Fsp3) is 0.0938. The van der Waals surface area contributed by atoms with Crippen molar-refractivity contribution in [1.29, 1.82) is 0 Å². The molecule has 0 fully saturated rings. The zero-order valence-electron chi connectivity index (χ0n) is 22.4. The number of hydrogen-bond acceptors (Lipinski definition) is 5. The summed E-state index contributed by atoms with van der Waals surface area (Å²) in [6.45, 7) is 1.79. The molecule has 0 bridgehead atoms. The highest BCUT2D eigenvalue weighted by Gasteiger charge is 2.18. The van der Waals surface area contributed by atoms with Crippen LogP contribution in [0, 0.1) is 0 Å². The van der Waals surface area contributed by atoms with Crippen LogP contribution in [0.1, 0.15) is 22.8 Å². The van der Waals surface area contributed by atoms with Gasteiger partial charge in [-0.05, 0) is 61.5 Å². The van der Waals surface area contributed by atoms with E-state index >= 15 is 0 Å². The summed E-state index contributed by atoms with van der Waals surface area (Å²) in [6, 6.07) is 30.0. The molecule has 7 nitrogen and oxygen atoms in total. The van der Waals surface area contributed by atoms with E-state index in [9.17, 15) is 14.4 Å². The maximum absolute atomic E-state index is 13.4. The summed E-state index contributed by atoms with van der Waals surface area (Å²) in [5.74, 6) is -0.603. The van der Waals surface area contributed by atoms with Gasteiger partial charge in [0.25, 0.3) is 11.8 Å². The predicted molar refractivity (Wildman–Crippen MR) is 165 cm³/mol. The highest BCUT2D eigenvalue weighted by molar-refractivity contribution is 8.00. The Morgan fingerprint density at radius 2 is 1.56 bits per heavy atom. The van der Waals surface area contributed by atoms with Gasteiger partial charge in [0.15, 0.2) is 0 Å². The fourth-order valence-corrected chi connectivity index (χ4v) is 4.89. The number of amides is 3. The maximum Gasteiger partial charge on any atom is 0.272 e. The third-order valence-electron chi connectivity index (χ3n) is 5.87. The van der Waals surface area contributed by atoms with Gasteiger partial charge in [-0.2, -0.15) is 0 Å². The van der Waals surface area contributed by atoms with E-state index in [4.69, 9.17) is 16.3 Å². The minimum atomic E-state index is -0.521. The van der Waals surface area contributed by atoms with Crippen LogP contribution in [-0.4, -0.2) is 30.1 Å². The Kier molecular flexibility index (Phi) is 10.2. The second-order valence-corrected chi connectivity index (χ2v) is 10.7. The summed E-state index contributed by atoms with van der Waals surface area (Å²) in [5, 5.41) is 8.43. The van der Waals surface area contributed by atoms with Crippen molar-refractivity contribution in [2.45, 2.75) is 17.1 Å². The van der Waals surface area contributed by atoms with Crippen LogP contribution in [0.4, 0.5) is 11.4 Å². The van der Waals surface area contributed by atoms with Gasteiger partial charge in [-0.25, -0.2) is 0 Å². The molecular formula is C32H28ClN3O4S. The largest absolute Gasteiger partial charge is 0.496 e. The Morgan fingerprint density at radius 3 is 2.32 bits per heavy atom. The number of rotatable bonds is 10. The zero-order chi connectivity index (χ0) is 29.2. The van der Waals surface area contributed by atoms with E-state index in [0.717, 1.165) is 4.90 Å². The third-order valence-corrected chi connectivity index (χ3v) is 7.30. The third kappa shape index (κ3) is 8.23. The van der Waals surface area contributed by atoms with Crippen molar-refractivity contribution in [2.75, 3.05) is 17.7 Å². The van der Waals surface area contributed by atoms with Gasteiger partial charge >= 0.3 is 0 Å². The molecule has 0 saturated heterocycles. The Bertz CT molecular complexity index is 1580. The molecule has 0 aliphatic heterocycles. The molecule has 208 valence electrons. The second-order valence-electron chi connectivity index (χ2n) is 8.83. The van der Waals surface area contributed by atoms with Gasteiger partial charge < -0.3 is 20.7 Å². The van der Waals surface area contributed by atoms with Crippen molar-refractivity contribution < 1.29 is 19.1 Å². The quantitative estimate of drug-likeness (QED) is 0.139. The Hall–Kier alpha value is -4.53. The van der Waals surface area contributed by atoms with Gasteiger partial charge in [0, 0.05) is 21.7 Å². The van der Waals surface area contributed by atoms with E-state index in [-0.39, 0.29) is 11.6 Å². The summed E-state index contributed by atoms with van der Waals surface area (Å²) in [7, 11) is 1.54. The first-order valence-corrected chi connectivity index (χ1v) is 13.9. The molecule has 1 unspecified atom stereocenters. The first-order chi connectivity index (χ1) is 19.8. The van der Waals surface area contributed by atoms with Crippen molar-refractivity contribution in [1.82, 2.24) is 5.32 Å². The number of carbonyl (C=O) groups is 3. The van der Waals surface area contributed by atoms with E-state index in [0.29, 0.717) is 33.3 Å². The molecule has 1 atom stereocenters. The van der Waals surface area contributed by atoms with Crippen LogP contribution in [0.15, 0.2) is 114 Å². The smallest absolute Gasteiger partial charge is 0.272 e. The minimum Gasteiger partial charge on any atom is -0.496 e. The number of anilines is 2. The van der Waals surface area contributed by atoms with Crippen molar-refractivity contribution in [3.8, 4) is 5.75 Å². The Balaban J connectivity index is 1.51. The average Bonchev–Trinajstić information content (AvgIpc) is 2.98. The summed E-state index contributed by atoms with van der Waals surface area (Å²) in [5.41, 5.74) is 2.11. The van der Waals surface area contributed by atoms with Crippen LogP contribution in [0.5, 0.6) is 5.75 Å². The highest BCUT2D eigenvalue weighted by Crippen LogP contribution is 2.28. The van der Waals surface area contributed by atoms with Gasteiger partial charge in [0.1, 0.15) is 11.4 Å². The Morgan fingerprint density at radius 1 is 0.854 bits per heavy atom. The summed E-state index contributed by atoms with van der Waals surface area (Å²) >= 11 is 7.50. The Labute approximate surface area is 248 Å². The molecule has 3 amide bonds. The molecule has 0 radical (unpaired) electrons. The predicted octanol–water partition coefficient (Wildman–Crippen LogP) is 6.88. The first-order valence-electron chi connectivity index (χ1n) is 12.7. The van der Waals surface area contributed by atoms with Crippen LogP contribution in [0.2, 0.25) is 5.02 Å². The van der Waals surface area contributed by atoms with Crippen LogP contribution < -0.4 is 20.7 Å². The molecule has 41 heavy (non-hydrogen) atoms. The van der Waals surface area contributed by atoms with Crippen LogP contribution in [-0.2, 0) is 9.59 Å². The number of benzene rings is 4. The number of halogens is 1. The highest BCUT2D eigenvalue weighted by atomic mass is 35.5. The summed E-state index contributed by atoms with van der Waals surface area (Å²) < 4.78 is 5.42. The van der Waals surface area contributed by atoms with Crippen molar-refractivity contribution in [2.24, 2.45) is 0 Å². The van der Waals surface area contributed by atoms with Crippen LogP contribution in [0.3, 0.4) is 0 Å². The number of thioether (sulfide) groups is 1. The molecule has 0 spiro atoms. The molecule has 0 saturated carbocycles. The lowest BCUT2D eigenvalue weighted by atomic mass is 10.1. The standard InChI is InChI=1S/C32H28ClN3O4S/c1-21(30(37)35-27-17-8-7-16-26(27)33)41-25-15-10-14-24(20-25)34-32(39)28(19-23-13-6-9-18-29(23)40-2)36-31(38)22-11-4-3-5-12-22/h3-21H,1-2H3,(H,34,39)(H,35,37)(H,36,38)/b28-19+. The van der Waals surface area contributed by atoms with Gasteiger partial charge in [0.2, 0.25) is 5.91 Å². The number of carbonyl (C=O) groups excluding carboxylic acids is 3. The lowest BCUT2D eigenvalue weighted by Gasteiger charge is -2.15. The number of para-hydroxylation sites is 2. The monoisotopic (exact) mass is 585 g/mol. The SMILES string of the molecule is COc1ccccc1/C=C(/NC(=O)c1ccccc1)C(=O)Nc1cccc(SC(C)C(=O)Nc2ccccc2Cl)c1. The number of methoxy groups -OCH3 is 1. The number of nitrogens with one attached hydrogen (secondary N) is 3. The first kappa shape index (κ1) is 29.5. The molecule has 0 aliphatic carbocycles. The zero-order valence-corrected chi connectivity index (χ0v) is 24.0. The van der Waals surface area contributed by atoms with Crippen molar-refractivity contribution in [3.05, 3.63) is 125 Å². The number of ether oxygens (including phenoxy) is 1. The van der Waals surface area contributed by atoms with Gasteiger partial charge in [-0.3, -0.25) is 14.4 Å². The number of hydrogen-bond donors (Lipinski definition) is 3. The van der Waals surface area contributed by atoms with Gasteiger partial charge in [0.05, 0.1) is 23.1 Å². The minimum absolute atomic E-state index is 0.0360.